The first-order valence-corrected chi connectivity index (χ1v) is 8.18. The van der Waals surface area contributed by atoms with Gasteiger partial charge in [0.25, 0.3) is 5.56 Å². The molecule has 1 aromatic carbocycles. The van der Waals surface area contributed by atoms with Gasteiger partial charge in [-0.2, -0.15) is 0 Å². The normalized spacial score (nSPS) is 10.6. The number of nitrogens with zero attached hydrogens (tertiary/aromatic N) is 1. The summed E-state index contributed by atoms with van der Waals surface area (Å²) < 4.78 is 20.1. The molecule has 2 rings (SSSR count). The third-order valence-corrected chi connectivity index (χ3v) is 4.08. The highest BCUT2D eigenvalue weighted by Crippen LogP contribution is 2.11. The third-order valence-electron chi connectivity index (χ3n) is 4.08. The zero-order valence-corrected chi connectivity index (χ0v) is 14.8. The quantitative estimate of drug-likeness (QED) is 0.837. The maximum atomic E-state index is 13.5. The number of benzene rings is 1. The van der Waals surface area contributed by atoms with E-state index in [-0.39, 0.29) is 23.7 Å². The molecule has 0 radical (unpaired) electrons. The maximum absolute atomic E-state index is 13.5. The standard InChI is InChI=1S/C19H23FN2O3/c1-13-4-5-15(11-17(13)20)6-7-18(23)21-8-9-22-14(2)10-16(25-3)12-19(22)24/h4-5,10-12H,6-9H2,1-3H3,(H,21,23). The van der Waals surface area contributed by atoms with E-state index in [1.165, 1.54) is 19.2 Å². The Balaban J connectivity index is 1.82. The Bertz CT molecular complexity index is 815. The Hall–Kier alpha value is -2.63. The SMILES string of the molecule is COc1cc(C)n(CCNC(=O)CCc2ccc(C)c(F)c2)c(=O)c1. The second-order valence-electron chi connectivity index (χ2n) is 5.96. The zero-order chi connectivity index (χ0) is 18.4. The number of rotatable bonds is 7. The predicted molar refractivity (Wildman–Crippen MR) is 94.5 cm³/mol. The monoisotopic (exact) mass is 346 g/mol. The van der Waals surface area contributed by atoms with E-state index in [9.17, 15) is 14.0 Å². The maximum Gasteiger partial charge on any atom is 0.254 e. The average Bonchev–Trinajstić information content (AvgIpc) is 2.58. The van der Waals surface area contributed by atoms with Crippen molar-refractivity contribution in [3.63, 3.8) is 0 Å². The van der Waals surface area contributed by atoms with E-state index in [2.05, 4.69) is 5.32 Å². The van der Waals surface area contributed by atoms with Crippen LogP contribution in [0.3, 0.4) is 0 Å². The lowest BCUT2D eigenvalue weighted by atomic mass is 10.1. The number of aromatic nitrogens is 1. The van der Waals surface area contributed by atoms with Gasteiger partial charge < -0.3 is 14.6 Å². The summed E-state index contributed by atoms with van der Waals surface area (Å²) in [5, 5.41) is 2.79. The molecule has 25 heavy (non-hydrogen) atoms. The van der Waals surface area contributed by atoms with Gasteiger partial charge in [0, 0.05) is 31.3 Å². The molecule has 0 spiro atoms. The van der Waals surface area contributed by atoms with E-state index in [0.717, 1.165) is 11.3 Å². The summed E-state index contributed by atoms with van der Waals surface area (Å²) in [4.78, 5) is 23.9. The molecule has 0 aliphatic heterocycles. The summed E-state index contributed by atoms with van der Waals surface area (Å²) in [6, 6.07) is 8.19. The van der Waals surface area contributed by atoms with Crippen molar-refractivity contribution in [2.45, 2.75) is 33.2 Å². The minimum absolute atomic E-state index is 0.125. The Morgan fingerprint density at radius 2 is 2.00 bits per heavy atom. The van der Waals surface area contributed by atoms with Crippen molar-refractivity contribution in [1.29, 1.82) is 0 Å². The molecule has 1 heterocycles. The number of aryl methyl sites for hydroxylation is 3. The van der Waals surface area contributed by atoms with Crippen molar-refractivity contribution in [2.24, 2.45) is 0 Å². The Morgan fingerprint density at radius 3 is 2.64 bits per heavy atom. The molecular weight excluding hydrogens is 323 g/mol. The van der Waals surface area contributed by atoms with Crippen LogP contribution in [0.15, 0.2) is 35.1 Å². The first-order valence-electron chi connectivity index (χ1n) is 8.18. The molecule has 1 amide bonds. The van der Waals surface area contributed by atoms with Crippen LogP contribution in [-0.2, 0) is 17.8 Å². The van der Waals surface area contributed by atoms with Crippen molar-refractivity contribution in [1.82, 2.24) is 9.88 Å². The number of ether oxygens (including phenoxy) is 1. The Morgan fingerprint density at radius 1 is 1.24 bits per heavy atom. The third kappa shape index (κ3) is 5.17. The van der Waals surface area contributed by atoms with Crippen LogP contribution in [0.2, 0.25) is 0 Å². The minimum Gasteiger partial charge on any atom is -0.496 e. The fourth-order valence-corrected chi connectivity index (χ4v) is 2.55. The number of methoxy groups -OCH3 is 1. The number of halogens is 1. The summed E-state index contributed by atoms with van der Waals surface area (Å²) in [6.45, 7) is 4.26. The van der Waals surface area contributed by atoms with Gasteiger partial charge in [0.1, 0.15) is 11.6 Å². The summed E-state index contributed by atoms with van der Waals surface area (Å²) in [5.74, 6) is 0.139. The first-order chi connectivity index (χ1) is 11.9. The fraction of sp³-hybridized carbons (Fsp3) is 0.368. The summed E-state index contributed by atoms with van der Waals surface area (Å²) >= 11 is 0. The molecule has 0 saturated heterocycles. The largest absolute Gasteiger partial charge is 0.496 e. The Labute approximate surface area is 146 Å². The first kappa shape index (κ1) is 18.7. The van der Waals surface area contributed by atoms with Crippen LogP contribution in [0.4, 0.5) is 4.39 Å². The molecule has 1 aromatic heterocycles. The van der Waals surface area contributed by atoms with Crippen molar-refractivity contribution >= 4 is 5.91 Å². The van der Waals surface area contributed by atoms with Crippen LogP contribution in [-0.4, -0.2) is 24.1 Å². The molecule has 0 saturated carbocycles. The van der Waals surface area contributed by atoms with E-state index >= 15 is 0 Å². The second-order valence-corrected chi connectivity index (χ2v) is 5.96. The van der Waals surface area contributed by atoms with E-state index < -0.39 is 0 Å². The van der Waals surface area contributed by atoms with Gasteiger partial charge in [-0.3, -0.25) is 9.59 Å². The van der Waals surface area contributed by atoms with Crippen LogP contribution < -0.4 is 15.6 Å². The Kier molecular flexibility index (Phi) is 6.33. The molecule has 0 unspecified atom stereocenters. The lowest BCUT2D eigenvalue weighted by molar-refractivity contribution is -0.121. The van der Waals surface area contributed by atoms with Crippen molar-refractivity contribution in [3.8, 4) is 5.75 Å². The highest BCUT2D eigenvalue weighted by molar-refractivity contribution is 5.76. The number of pyridine rings is 1. The van der Waals surface area contributed by atoms with Gasteiger partial charge in [-0.25, -0.2) is 4.39 Å². The number of hydrogen-bond donors (Lipinski definition) is 1. The highest BCUT2D eigenvalue weighted by Gasteiger charge is 2.06. The van der Waals surface area contributed by atoms with Crippen molar-refractivity contribution < 1.29 is 13.9 Å². The van der Waals surface area contributed by atoms with E-state index in [0.29, 0.717) is 30.8 Å². The lowest BCUT2D eigenvalue weighted by Crippen LogP contribution is -2.31. The van der Waals surface area contributed by atoms with Gasteiger partial charge in [-0.15, -0.1) is 0 Å². The van der Waals surface area contributed by atoms with Gasteiger partial charge in [-0.1, -0.05) is 12.1 Å². The van der Waals surface area contributed by atoms with Gasteiger partial charge in [0.15, 0.2) is 0 Å². The molecule has 0 aliphatic rings. The molecule has 0 bridgehead atoms. The zero-order valence-electron chi connectivity index (χ0n) is 14.8. The number of nitrogens with one attached hydrogen (secondary N) is 1. The van der Waals surface area contributed by atoms with Gasteiger partial charge in [0.05, 0.1) is 7.11 Å². The molecule has 134 valence electrons. The van der Waals surface area contributed by atoms with Crippen LogP contribution in [0, 0.1) is 19.7 Å². The van der Waals surface area contributed by atoms with Crippen molar-refractivity contribution in [2.75, 3.05) is 13.7 Å². The summed E-state index contributed by atoms with van der Waals surface area (Å²) in [5.41, 5.74) is 1.99. The fourth-order valence-electron chi connectivity index (χ4n) is 2.55. The predicted octanol–water partition coefficient (Wildman–Crippen LogP) is 2.36. The second kappa shape index (κ2) is 8.46. The molecular formula is C19H23FN2O3. The lowest BCUT2D eigenvalue weighted by Gasteiger charge is -2.12. The molecule has 6 heteroatoms. The smallest absolute Gasteiger partial charge is 0.254 e. The summed E-state index contributed by atoms with van der Waals surface area (Å²) in [6.07, 6.45) is 0.754. The van der Waals surface area contributed by atoms with Crippen molar-refractivity contribution in [3.05, 3.63) is 63.3 Å². The molecule has 1 N–H and O–H groups in total. The molecule has 0 atom stereocenters. The molecule has 0 aliphatic carbocycles. The number of carbonyl (C=O) groups is 1. The number of hydrogen-bond acceptors (Lipinski definition) is 3. The van der Waals surface area contributed by atoms with Crippen LogP contribution in [0.1, 0.15) is 23.2 Å². The average molecular weight is 346 g/mol. The van der Waals surface area contributed by atoms with Gasteiger partial charge in [-0.05, 0) is 43.5 Å². The molecule has 0 fully saturated rings. The van der Waals surface area contributed by atoms with Crippen LogP contribution >= 0.6 is 0 Å². The minimum atomic E-state index is -0.257. The van der Waals surface area contributed by atoms with E-state index in [4.69, 9.17) is 4.74 Å². The highest BCUT2D eigenvalue weighted by atomic mass is 19.1. The van der Waals surface area contributed by atoms with E-state index in [1.54, 1.807) is 23.6 Å². The molecule has 2 aromatic rings. The topological polar surface area (TPSA) is 60.3 Å². The van der Waals surface area contributed by atoms with Gasteiger partial charge >= 0.3 is 0 Å². The van der Waals surface area contributed by atoms with E-state index in [1.807, 2.05) is 13.0 Å². The summed E-state index contributed by atoms with van der Waals surface area (Å²) in [7, 11) is 1.51. The molecule has 5 nitrogen and oxygen atoms in total. The van der Waals surface area contributed by atoms with Gasteiger partial charge in [0.2, 0.25) is 5.91 Å². The van der Waals surface area contributed by atoms with Crippen LogP contribution in [0.5, 0.6) is 5.75 Å². The number of carbonyl (C=O) groups excluding carboxylic acids is 1. The number of amides is 1. The van der Waals surface area contributed by atoms with Crippen LogP contribution in [0.25, 0.3) is 0 Å².